The molecule has 1 N–H and O–H groups in total. The quantitative estimate of drug-likeness (QED) is 0.907. The third kappa shape index (κ3) is 2.55. The van der Waals surface area contributed by atoms with Crippen LogP contribution >= 0.6 is 0 Å². The van der Waals surface area contributed by atoms with Gasteiger partial charge < -0.3 is 10.2 Å². The van der Waals surface area contributed by atoms with E-state index in [0.29, 0.717) is 12.5 Å². The molecule has 2 fully saturated rings. The van der Waals surface area contributed by atoms with Gasteiger partial charge in [0.25, 0.3) is 0 Å². The number of benzene rings is 1. The normalized spacial score (nSPS) is 22.9. The molecular formula is C16H20N2O2. The van der Waals surface area contributed by atoms with Crippen molar-refractivity contribution in [3.05, 3.63) is 34.9 Å². The minimum Gasteiger partial charge on any atom is -0.342 e. The Morgan fingerprint density at radius 2 is 2.00 bits per heavy atom. The van der Waals surface area contributed by atoms with E-state index in [1.165, 1.54) is 5.56 Å². The molecule has 1 saturated carbocycles. The lowest BCUT2D eigenvalue weighted by atomic mass is 10.0. The summed E-state index contributed by atoms with van der Waals surface area (Å²) in [4.78, 5) is 26.0. The predicted octanol–water partition coefficient (Wildman–Crippen LogP) is 1.54. The Labute approximate surface area is 119 Å². The molecule has 2 aliphatic rings. The first-order chi connectivity index (χ1) is 9.54. The molecule has 0 radical (unpaired) electrons. The van der Waals surface area contributed by atoms with Gasteiger partial charge >= 0.3 is 0 Å². The van der Waals surface area contributed by atoms with Gasteiger partial charge in [0.2, 0.25) is 11.8 Å². The van der Waals surface area contributed by atoms with Crippen molar-refractivity contribution in [3.8, 4) is 0 Å². The van der Waals surface area contributed by atoms with Crippen molar-refractivity contribution in [3.63, 3.8) is 0 Å². The van der Waals surface area contributed by atoms with Gasteiger partial charge in [-0.05, 0) is 43.7 Å². The molecule has 1 saturated heterocycles. The summed E-state index contributed by atoms with van der Waals surface area (Å²) in [5.74, 6) is 0.396. The summed E-state index contributed by atoms with van der Waals surface area (Å²) in [5, 5.41) is 2.84. The molecule has 0 aromatic heterocycles. The van der Waals surface area contributed by atoms with E-state index in [2.05, 4.69) is 23.5 Å². The largest absolute Gasteiger partial charge is 0.342 e. The third-order valence-corrected chi connectivity index (χ3v) is 4.19. The Morgan fingerprint density at radius 3 is 2.70 bits per heavy atom. The smallest absolute Gasteiger partial charge is 0.246 e. The number of amides is 2. The molecule has 4 nitrogen and oxygen atoms in total. The number of hydrogen-bond donors (Lipinski definition) is 1. The number of carbonyl (C=O) groups excluding carboxylic acids is 2. The Bertz CT molecular complexity index is 564. The Hall–Kier alpha value is -1.84. The first kappa shape index (κ1) is 13.2. The van der Waals surface area contributed by atoms with E-state index < -0.39 is 0 Å². The number of carbonyl (C=O) groups is 2. The highest BCUT2D eigenvalue weighted by Gasteiger charge is 2.42. The van der Waals surface area contributed by atoms with Crippen LogP contribution in [-0.4, -0.2) is 29.3 Å². The van der Waals surface area contributed by atoms with Crippen molar-refractivity contribution in [2.75, 3.05) is 6.54 Å². The molecule has 106 valence electrons. The number of piperazine rings is 1. The van der Waals surface area contributed by atoms with Crippen LogP contribution in [0.25, 0.3) is 0 Å². The van der Waals surface area contributed by atoms with Crippen LogP contribution in [0.1, 0.15) is 29.5 Å². The first-order valence-corrected chi connectivity index (χ1v) is 7.19. The van der Waals surface area contributed by atoms with Gasteiger partial charge in [-0.15, -0.1) is 0 Å². The molecule has 1 aliphatic carbocycles. The fourth-order valence-electron chi connectivity index (χ4n) is 2.79. The highest BCUT2D eigenvalue weighted by Crippen LogP contribution is 2.34. The van der Waals surface area contributed by atoms with E-state index in [9.17, 15) is 9.59 Å². The molecule has 1 aromatic rings. The molecule has 3 rings (SSSR count). The van der Waals surface area contributed by atoms with Crippen LogP contribution in [0, 0.1) is 19.8 Å². The lowest BCUT2D eigenvalue weighted by Crippen LogP contribution is -2.58. The van der Waals surface area contributed by atoms with E-state index in [1.54, 1.807) is 4.90 Å². The number of hydrogen-bond acceptors (Lipinski definition) is 2. The second-order valence-electron chi connectivity index (χ2n) is 6.01. The number of nitrogens with zero attached hydrogens (tertiary/aromatic N) is 1. The molecular weight excluding hydrogens is 252 g/mol. The zero-order chi connectivity index (χ0) is 14.3. The molecule has 1 aliphatic heterocycles. The summed E-state index contributed by atoms with van der Waals surface area (Å²) in [6.45, 7) is 4.79. The number of rotatable bonds is 3. The van der Waals surface area contributed by atoms with Crippen molar-refractivity contribution in [1.82, 2.24) is 10.2 Å². The van der Waals surface area contributed by atoms with Gasteiger partial charge in [-0.2, -0.15) is 0 Å². The van der Waals surface area contributed by atoms with E-state index in [4.69, 9.17) is 0 Å². The lowest BCUT2D eigenvalue weighted by molar-refractivity contribution is -0.145. The molecule has 0 spiro atoms. The third-order valence-electron chi connectivity index (χ3n) is 4.19. The van der Waals surface area contributed by atoms with E-state index in [-0.39, 0.29) is 24.4 Å². The van der Waals surface area contributed by atoms with Gasteiger partial charge in [-0.3, -0.25) is 9.59 Å². The van der Waals surface area contributed by atoms with Crippen LogP contribution in [0.15, 0.2) is 18.2 Å². The SMILES string of the molecule is Cc1ccc(C)c(CN2CC(=O)NC(C3CC3)C2=O)c1. The summed E-state index contributed by atoms with van der Waals surface area (Å²) in [7, 11) is 0. The zero-order valence-electron chi connectivity index (χ0n) is 12.0. The van der Waals surface area contributed by atoms with Gasteiger partial charge in [-0.1, -0.05) is 23.8 Å². The van der Waals surface area contributed by atoms with Crippen molar-refractivity contribution >= 4 is 11.8 Å². The summed E-state index contributed by atoms with van der Waals surface area (Å²) < 4.78 is 0. The van der Waals surface area contributed by atoms with Crippen LogP contribution in [0.3, 0.4) is 0 Å². The Kier molecular flexibility index (Phi) is 3.24. The molecule has 4 heteroatoms. The second kappa shape index (κ2) is 4.93. The van der Waals surface area contributed by atoms with Crippen molar-refractivity contribution < 1.29 is 9.59 Å². The van der Waals surface area contributed by atoms with Gasteiger partial charge in [-0.25, -0.2) is 0 Å². The van der Waals surface area contributed by atoms with E-state index in [1.807, 2.05) is 13.8 Å². The van der Waals surface area contributed by atoms with Crippen molar-refractivity contribution in [2.45, 2.75) is 39.3 Å². The average molecular weight is 272 g/mol. The molecule has 0 bridgehead atoms. The number of aryl methyl sites for hydroxylation is 2. The van der Waals surface area contributed by atoms with Gasteiger partial charge in [0, 0.05) is 6.54 Å². The predicted molar refractivity (Wildman–Crippen MR) is 76.0 cm³/mol. The number of nitrogens with one attached hydrogen (secondary N) is 1. The summed E-state index contributed by atoms with van der Waals surface area (Å²) in [6.07, 6.45) is 2.10. The highest BCUT2D eigenvalue weighted by atomic mass is 16.2. The van der Waals surface area contributed by atoms with Crippen LogP contribution in [0.4, 0.5) is 0 Å². The molecule has 2 amide bonds. The minimum absolute atomic E-state index is 0.0354. The standard InChI is InChI=1S/C16H20N2O2/c1-10-3-4-11(2)13(7-10)8-18-9-14(19)17-15(16(18)20)12-5-6-12/h3-4,7,12,15H,5-6,8-9H2,1-2H3,(H,17,19). The van der Waals surface area contributed by atoms with E-state index in [0.717, 1.165) is 24.0 Å². The van der Waals surface area contributed by atoms with Crippen LogP contribution in [-0.2, 0) is 16.1 Å². The van der Waals surface area contributed by atoms with Crippen LogP contribution < -0.4 is 5.32 Å². The molecule has 1 aromatic carbocycles. The molecule has 20 heavy (non-hydrogen) atoms. The van der Waals surface area contributed by atoms with Crippen LogP contribution in [0.5, 0.6) is 0 Å². The molecule has 1 atom stereocenters. The topological polar surface area (TPSA) is 49.4 Å². The Balaban J connectivity index is 1.79. The monoisotopic (exact) mass is 272 g/mol. The fraction of sp³-hybridized carbons (Fsp3) is 0.500. The maximum atomic E-state index is 12.5. The second-order valence-corrected chi connectivity index (χ2v) is 6.01. The minimum atomic E-state index is -0.290. The van der Waals surface area contributed by atoms with Gasteiger partial charge in [0.15, 0.2) is 0 Å². The summed E-state index contributed by atoms with van der Waals surface area (Å²) in [5.41, 5.74) is 3.47. The van der Waals surface area contributed by atoms with Crippen molar-refractivity contribution in [1.29, 1.82) is 0 Å². The maximum absolute atomic E-state index is 12.5. The van der Waals surface area contributed by atoms with Gasteiger partial charge in [0.1, 0.15) is 6.04 Å². The average Bonchev–Trinajstić information content (AvgIpc) is 3.22. The lowest BCUT2D eigenvalue weighted by Gasteiger charge is -2.33. The van der Waals surface area contributed by atoms with E-state index >= 15 is 0 Å². The summed E-state index contributed by atoms with van der Waals surface area (Å²) >= 11 is 0. The molecule has 1 heterocycles. The maximum Gasteiger partial charge on any atom is 0.246 e. The molecule has 1 unspecified atom stereocenters. The fourth-order valence-corrected chi connectivity index (χ4v) is 2.79. The van der Waals surface area contributed by atoms with Gasteiger partial charge in [0.05, 0.1) is 6.54 Å². The highest BCUT2D eigenvalue weighted by molar-refractivity contribution is 5.95. The van der Waals surface area contributed by atoms with Crippen molar-refractivity contribution in [2.24, 2.45) is 5.92 Å². The zero-order valence-corrected chi connectivity index (χ0v) is 12.0. The summed E-state index contributed by atoms with van der Waals surface area (Å²) in [6, 6.07) is 5.94. The Morgan fingerprint density at radius 1 is 1.25 bits per heavy atom. The van der Waals surface area contributed by atoms with Crippen LogP contribution in [0.2, 0.25) is 0 Å². The first-order valence-electron chi connectivity index (χ1n) is 7.19.